The molecule has 0 unspecified atom stereocenters. The first kappa shape index (κ1) is 12.9. The fraction of sp³-hybridized carbons (Fsp3) is 0.231. The molecule has 0 aliphatic rings. The van der Waals surface area contributed by atoms with Crippen LogP contribution in [0.15, 0.2) is 47.5 Å². The van der Waals surface area contributed by atoms with Gasteiger partial charge < -0.3 is 5.11 Å². The van der Waals surface area contributed by atoms with Gasteiger partial charge in [0.2, 0.25) is 0 Å². The standard InChI is InChI=1S/C13H15NO3S/c1-10-5-7-12(8-6-10)18(16,17)14-9-3-4-13(14)11(2)15/h3-9,11,15H,1-2H3/t11-/m0/s1. The van der Waals surface area contributed by atoms with Crippen molar-refractivity contribution >= 4 is 10.0 Å². The molecule has 4 nitrogen and oxygen atoms in total. The highest BCUT2D eigenvalue weighted by molar-refractivity contribution is 7.90. The molecule has 0 saturated heterocycles. The van der Waals surface area contributed by atoms with E-state index in [9.17, 15) is 13.5 Å². The molecule has 1 aromatic heterocycles. The number of hydrogen-bond donors (Lipinski definition) is 1. The van der Waals surface area contributed by atoms with Crippen molar-refractivity contribution in [1.29, 1.82) is 0 Å². The lowest BCUT2D eigenvalue weighted by atomic mass is 10.2. The molecule has 18 heavy (non-hydrogen) atoms. The Balaban J connectivity index is 2.55. The molecule has 0 aliphatic carbocycles. The van der Waals surface area contributed by atoms with Crippen LogP contribution in [0.2, 0.25) is 0 Å². The number of nitrogens with zero attached hydrogens (tertiary/aromatic N) is 1. The Kier molecular flexibility index (Phi) is 3.28. The first-order valence-corrected chi connectivity index (χ1v) is 7.04. The molecule has 2 aromatic rings. The van der Waals surface area contributed by atoms with Crippen molar-refractivity contribution in [3.05, 3.63) is 53.9 Å². The second-order valence-corrected chi connectivity index (χ2v) is 6.04. The minimum atomic E-state index is -3.63. The van der Waals surface area contributed by atoms with Crippen LogP contribution in [-0.2, 0) is 10.0 Å². The third kappa shape index (κ3) is 2.19. The molecule has 0 spiro atoms. The highest BCUT2D eigenvalue weighted by Gasteiger charge is 2.20. The van der Waals surface area contributed by atoms with Gasteiger partial charge in [0.25, 0.3) is 10.0 Å². The zero-order valence-corrected chi connectivity index (χ0v) is 11.1. The smallest absolute Gasteiger partial charge is 0.267 e. The number of aryl methyl sites for hydroxylation is 1. The number of aliphatic hydroxyl groups excluding tert-OH is 1. The van der Waals surface area contributed by atoms with Crippen molar-refractivity contribution in [1.82, 2.24) is 3.97 Å². The molecule has 1 heterocycles. The summed E-state index contributed by atoms with van der Waals surface area (Å²) in [6.07, 6.45) is 0.609. The van der Waals surface area contributed by atoms with E-state index in [2.05, 4.69) is 0 Å². The van der Waals surface area contributed by atoms with Gasteiger partial charge in [0, 0.05) is 6.20 Å². The zero-order valence-electron chi connectivity index (χ0n) is 10.2. The summed E-state index contributed by atoms with van der Waals surface area (Å²) in [5.74, 6) is 0. The largest absolute Gasteiger partial charge is 0.387 e. The Morgan fingerprint density at radius 1 is 1.17 bits per heavy atom. The molecule has 0 aliphatic heterocycles. The third-order valence-corrected chi connectivity index (χ3v) is 4.47. The summed E-state index contributed by atoms with van der Waals surface area (Å²) in [6.45, 7) is 3.43. The quantitative estimate of drug-likeness (QED) is 0.924. The summed E-state index contributed by atoms with van der Waals surface area (Å²) in [4.78, 5) is 0.214. The maximum absolute atomic E-state index is 12.4. The summed E-state index contributed by atoms with van der Waals surface area (Å²) in [6, 6.07) is 9.83. The highest BCUT2D eigenvalue weighted by atomic mass is 32.2. The van der Waals surface area contributed by atoms with E-state index >= 15 is 0 Å². The predicted octanol–water partition coefficient (Wildman–Crippen LogP) is 2.09. The second-order valence-electron chi connectivity index (χ2n) is 4.22. The van der Waals surface area contributed by atoms with Crippen molar-refractivity contribution in [2.45, 2.75) is 24.8 Å². The Labute approximate surface area is 107 Å². The number of aromatic nitrogens is 1. The Morgan fingerprint density at radius 2 is 1.78 bits per heavy atom. The van der Waals surface area contributed by atoms with Crippen LogP contribution in [0.3, 0.4) is 0 Å². The maximum atomic E-state index is 12.4. The maximum Gasteiger partial charge on any atom is 0.267 e. The van der Waals surface area contributed by atoms with Gasteiger partial charge in [-0.1, -0.05) is 17.7 Å². The van der Waals surface area contributed by atoms with Gasteiger partial charge in [-0.2, -0.15) is 0 Å². The van der Waals surface area contributed by atoms with Gasteiger partial charge in [0.15, 0.2) is 0 Å². The summed E-state index contributed by atoms with van der Waals surface area (Å²) in [7, 11) is -3.63. The minimum absolute atomic E-state index is 0.214. The molecule has 5 heteroatoms. The normalized spacial score (nSPS) is 13.5. The van der Waals surface area contributed by atoms with Crippen molar-refractivity contribution in [2.24, 2.45) is 0 Å². The van der Waals surface area contributed by atoms with Gasteiger partial charge in [-0.3, -0.25) is 0 Å². The molecule has 2 rings (SSSR count). The lowest BCUT2D eigenvalue weighted by molar-refractivity contribution is 0.193. The number of hydrogen-bond acceptors (Lipinski definition) is 3. The molecule has 0 saturated carbocycles. The Hall–Kier alpha value is -1.59. The van der Waals surface area contributed by atoms with E-state index in [4.69, 9.17) is 0 Å². The van der Waals surface area contributed by atoms with Crippen molar-refractivity contribution < 1.29 is 13.5 Å². The monoisotopic (exact) mass is 265 g/mol. The van der Waals surface area contributed by atoms with Gasteiger partial charge in [-0.05, 0) is 38.1 Å². The van der Waals surface area contributed by atoms with E-state index < -0.39 is 16.1 Å². The van der Waals surface area contributed by atoms with Crippen LogP contribution < -0.4 is 0 Å². The first-order valence-electron chi connectivity index (χ1n) is 5.60. The van der Waals surface area contributed by atoms with E-state index in [0.717, 1.165) is 9.54 Å². The molecule has 1 aromatic carbocycles. The average Bonchev–Trinajstić information content (AvgIpc) is 2.79. The van der Waals surface area contributed by atoms with Gasteiger partial charge in [-0.15, -0.1) is 0 Å². The first-order chi connectivity index (χ1) is 8.43. The van der Waals surface area contributed by atoms with Crippen molar-refractivity contribution in [2.75, 3.05) is 0 Å². The lowest BCUT2D eigenvalue weighted by Gasteiger charge is -2.12. The Morgan fingerprint density at radius 3 is 2.33 bits per heavy atom. The van der Waals surface area contributed by atoms with Crippen LogP contribution in [0.25, 0.3) is 0 Å². The average molecular weight is 265 g/mol. The number of rotatable bonds is 3. The molecule has 1 atom stereocenters. The molecule has 0 amide bonds. The van der Waals surface area contributed by atoms with Crippen LogP contribution in [0.5, 0.6) is 0 Å². The Bertz CT molecular complexity index is 639. The van der Waals surface area contributed by atoms with Crippen LogP contribution in [0, 0.1) is 6.92 Å². The SMILES string of the molecule is Cc1ccc(S(=O)(=O)n2cccc2[C@H](C)O)cc1. The molecular weight excluding hydrogens is 250 g/mol. The van der Waals surface area contributed by atoms with Gasteiger partial charge in [0.1, 0.15) is 0 Å². The van der Waals surface area contributed by atoms with E-state index in [0.29, 0.717) is 5.69 Å². The summed E-state index contributed by atoms with van der Waals surface area (Å²) >= 11 is 0. The molecule has 0 fully saturated rings. The van der Waals surface area contributed by atoms with E-state index in [1.807, 2.05) is 6.92 Å². The molecule has 1 N–H and O–H groups in total. The summed E-state index contributed by atoms with van der Waals surface area (Å²) in [5.41, 5.74) is 1.35. The number of aliphatic hydroxyl groups is 1. The highest BCUT2D eigenvalue weighted by Crippen LogP contribution is 2.20. The van der Waals surface area contributed by atoms with Crippen LogP contribution in [0.4, 0.5) is 0 Å². The molecule has 96 valence electrons. The summed E-state index contributed by atoms with van der Waals surface area (Å²) in [5, 5.41) is 9.56. The van der Waals surface area contributed by atoms with Crippen molar-refractivity contribution in [3.8, 4) is 0 Å². The van der Waals surface area contributed by atoms with Crippen LogP contribution in [0.1, 0.15) is 24.3 Å². The molecular formula is C13H15NO3S. The van der Waals surface area contributed by atoms with Gasteiger partial charge in [-0.25, -0.2) is 12.4 Å². The van der Waals surface area contributed by atoms with Crippen LogP contribution in [-0.4, -0.2) is 17.5 Å². The second kappa shape index (κ2) is 4.59. The number of benzene rings is 1. The fourth-order valence-corrected chi connectivity index (χ4v) is 3.17. The van der Waals surface area contributed by atoms with Crippen LogP contribution >= 0.6 is 0 Å². The zero-order chi connectivity index (χ0) is 13.3. The van der Waals surface area contributed by atoms with Crippen molar-refractivity contribution in [3.63, 3.8) is 0 Å². The van der Waals surface area contributed by atoms with E-state index in [1.165, 1.54) is 13.1 Å². The fourth-order valence-electron chi connectivity index (χ4n) is 1.75. The topological polar surface area (TPSA) is 59.3 Å². The minimum Gasteiger partial charge on any atom is -0.387 e. The third-order valence-electron chi connectivity index (χ3n) is 2.75. The van der Waals surface area contributed by atoms with E-state index in [1.54, 1.807) is 36.4 Å². The molecule has 0 radical (unpaired) electrons. The van der Waals surface area contributed by atoms with Gasteiger partial charge >= 0.3 is 0 Å². The van der Waals surface area contributed by atoms with Gasteiger partial charge in [0.05, 0.1) is 16.7 Å². The predicted molar refractivity (Wildman–Crippen MR) is 68.8 cm³/mol. The lowest BCUT2D eigenvalue weighted by Crippen LogP contribution is -2.16. The summed E-state index contributed by atoms with van der Waals surface area (Å²) < 4.78 is 25.9. The molecule has 0 bridgehead atoms. The van der Waals surface area contributed by atoms with E-state index in [-0.39, 0.29) is 4.90 Å².